The molecule has 0 bridgehead atoms. The monoisotopic (exact) mass is 313 g/mol. The first-order chi connectivity index (χ1) is 9.96. The van der Waals surface area contributed by atoms with Gasteiger partial charge in [-0.1, -0.05) is 5.16 Å². The molecule has 0 amide bonds. The van der Waals surface area contributed by atoms with E-state index in [1.165, 1.54) is 0 Å². The minimum Gasteiger partial charge on any atom is -0.361 e. The zero-order valence-electron chi connectivity index (χ0n) is 12.7. The van der Waals surface area contributed by atoms with Crippen LogP contribution in [0.5, 0.6) is 0 Å². The van der Waals surface area contributed by atoms with Crippen LogP contribution in [0, 0.1) is 6.92 Å². The van der Waals surface area contributed by atoms with Crippen LogP contribution in [0.4, 0.5) is 0 Å². The predicted octanol–water partition coefficient (Wildman–Crippen LogP) is 1.37. The van der Waals surface area contributed by atoms with Crippen LogP contribution in [0.25, 0.3) is 0 Å². The molecule has 7 heteroatoms. The third-order valence-electron chi connectivity index (χ3n) is 4.48. The molecule has 1 saturated heterocycles. The SMILES string of the molecule is Cc1cc(CN2CCC(N(C)S(=O)(=O)C3CC3)CC2)no1. The van der Waals surface area contributed by atoms with E-state index in [9.17, 15) is 8.42 Å². The van der Waals surface area contributed by atoms with Gasteiger partial charge in [-0.2, -0.15) is 0 Å². The van der Waals surface area contributed by atoms with E-state index in [-0.39, 0.29) is 11.3 Å². The molecule has 2 fully saturated rings. The molecular formula is C14H23N3O3S. The molecule has 0 N–H and O–H groups in total. The first-order valence-electron chi connectivity index (χ1n) is 7.58. The molecule has 0 atom stereocenters. The first kappa shape index (κ1) is 15.0. The number of hydrogen-bond acceptors (Lipinski definition) is 5. The Labute approximate surface area is 126 Å². The number of likely N-dealkylation sites (tertiary alicyclic amines) is 1. The van der Waals surface area contributed by atoms with E-state index in [0.717, 1.165) is 56.8 Å². The Balaban J connectivity index is 1.53. The van der Waals surface area contributed by atoms with Crippen LogP contribution in [0.3, 0.4) is 0 Å². The van der Waals surface area contributed by atoms with Gasteiger partial charge in [0.05, 0.1) is 10.9 Å². The molecule has 1 aliphatic heterocycles. The molecule has 0 spiro atoms. The predicted molar refractivity (Wildman–Crippen MR) is 79.2 cm³/mol. The Kier molecular flexibility index (Phi) is 4.07. The van der Waals surface area contributed by atoms with Crippen molar-refractivity contribution in [1.29, 1.82) is 0 Å². The highest BCUT2D eigenvalue weighted by atomic mass is 32.2. The summed E-state index contributed by atoms with van der Waals surface area (Å²) >= 11 is 0. The molecule has 0 radical (unpaired) electrons. The number of rotatable bonds is 5. The van der Waals surface area contributed by atoms with Crippen molar-refractivity contribution < 1.29 is 12.9 Å². The highest BCUT2D eigenvalue weighted by Gasteiger charge is 2.41. The highest BCUT2D eigenvalue weighted by Crippen LogP contribution is 2.32. The molecule has 1 aliphatic carbocycles. The van der Waals surface area contributed by atoms with Crippen molar-refractivity contribution in [1.82, 2.24) is 14.4 Å². The summed E-state index contributed by atoms with van der Waals surface area (Å²) < 4.78 is 31.2. The largest absolute Gasteiger partial charge is 0.361 e. The molecule has 1 aromatic heterocycles. The number of nitrogens with zero attached hydrogens (tertiary/aromatic N) is 3. The van der Waals surface area contributed by atoms with Crippen LogP contribution in [0.15, 0.2) is 10.6 Å². The van der Waals surface area contributed by atoms with E-state index in [1.54, 1.807) is 11.4 Å². The normalized spacial score (nSPS) is 22.0. The van der Waals surface area contributed by atoms with Crippen LogP contribution in [0.1, 0.15) is 37.1 Å². The summed E-state index contributed by atoms with van der Waals surface area (Å²) in [5.74, 6) is 0.829. The standard InChI is InChI=1S/C14H23N3O3S/c1-11-9-12(15-20-11)10-17-7-5-13(6-8-17)16(2)21(18,19)14-3-4-14/h9,13-14H,3-8,10H2,1-2H3. The van der Waals surface area contributed by atoms with Crippen LogP contribution in [-0.2, 0) is 16.6 Å². The van der Waals surface area contributed by atoms with Gasteiger partial charge in [-0.25, -0.2) is 12.7 Å². The minimum absolute atomic E-state index is 0.112. The van der Waals surface area contributed by atoms with Gasteiger partial charge in [0.2, 0.25) is 10.0 Å². The van der Waals surface area contributed by atoms with E-state index in [1.807, 2.05) is 13.0 Å². The van der Waals surface area contributed by atoms with Gasteiger partial charge >= 0.3 is 0 Å². The molecule has 6 nitrogen and oxygen atoms in total. The molecule has 2 aliphatic rings. The van der Waals surface area contributed by atoms with Gasteiger partial charge in [-0.05, 0) is 32.6 Å². The van der Waals surface area contributed by atoms with Crippen LogP contribution in [-0.4, -0.2) is 54.2 Å². The molecule has 0 aromatic carbocycles. The van der Waals surface area contributed by atoms with Gasteiger partial charge in [0.1, 0.15) is 5.76 Å². The van der Waals surface area contributed by atoms with Gasteiger partial charge in [0.15, 0.2) is 0 Å². The number of piperidine rings is 1. The Morgan fingerprint density at radius 3 is 2.52 bits per heavy atom. The lowest BCUT2D eigenvalue weighted by molar-refractivity contribution is 0.160. The smallest absolute Gasteiger partial charge is 0.216 e. The molecule has 21 heavy (non-hydrogen) atoms. The maximum absolute atomic E-state index is 12.3. The number of sulfonamides is 1. The number of aryl methyl sites for hydroxylation is 1. The third-order valence-corrected chi connectivity index (χ3v) is 6.90. The van der Waals surface area contributed by atoms with Crippen molar-refractivity contribution >= 4 is 10.0 Å². The van der Waals surface area contributed by atoms with Crippen molar-refractivity contribution in [2.75, 3.05) is 20.1 Å². The quantitative estimate of drug-likeness (QED) is 0.821. The summed E-state index contributed by atoms with van der Waals surface area (Å²) in [7, 11) is -1.31. The zero-order valence-corrected chi connectivity index (χ0v) is 13.5. The molecule has 3 rings (SSSR count). The fourth-order valence-electron chi connectivity index (χ4n) is 2.97. The van der Waals surface area contributed by atoms with Crippen LogP contribution < -0.4 is 0 Å². The van der Waals surface area contributed by atoms with Gasteiger partial charge in [0.25, 0.3) is 0 Å². The van der Waals surface area contributed by atoms with Gasteiger partial charge in [0, 0.05) is 38.8 Å². The van der Waals surface area contributed by atoms with E-state index >= 15 is 0 Å². The molecule has 1 aromatic rings. The second kappa shape index (κ2) is 5.70. The second-order valence-corrected chi connectivity index (χ2v) is 8.47. The van der Waals surface area contributed by atoms with Crippen molar-refractivity contribution in [3.8, 4) is 0 Å². The van der Waals surface area contributed by atoms with Crippen LogP contribution >= 0.6 is 0 Å². The molecule has 1 saturated carbocycles. The molecular weight excluding hydrogens is 290 g/mol. The molecule has 118 valence electrons. The van der Waals surface area contributed by atoms with E-state index < -0.39 is 10.0 Å². The summed E-state index contributed by atoms with van der Waals surface area (Å²) in [5.41, 5.74) is 0.949. The average molecular weight is 313 g/mol. The maximum Gasteiger partial charge on any atom is 0.216 e. The maximum atomic E-state index is 12.3. The fraction of sp³-hybridized carbons (Fsp3) is 0.786. The number of hydrogen-bond donors (Lipinski definition) is 0. The van der Waals surface area contributed by atoms with Crippen molar-refractivity contribution in [3.63, 3.8) is 0 Å². The van der Waals surface area contributed by atoms with Crippen LogP contribution in [0.2, 0.25) is 0 Å². The lowest BCUT2D eigenvalue weighted by Crippen LogP contribution is -2.46. The second-order valence-electron chi connectivity index (χ2n) is 6.20. The lowest BCUT2D eigenvalue weighted by Gasteiger charge is -2.35. The Morgan fingerprint density at radius 1 is 1.33 bits per heavy atom. The number of aromatic nitrogens is 1. The first-order valence-corrected chi connectivity index (χ1v) is 9.08. The van der Waals surface area contributed by atoms with E-state index in [2.05, 4.69) is 10.1 Å². The molecule has 2 heterocycles. The van der Waals surface area contributed by atoms with Crippen molar-refractivity contribution in [3.05, 3.63) is 17.5 Å². The summed E-state index contributed by atoms with van der Waals surface area (Å²) in [5, 5.41) is 3.90. The third kappa shape index (κ3) is 3.30. The average Bonchev–Trinajstić information content (AvgIpc) is 3.24. The van der Waals surface area contributed by atoms with E-state index in [4.69, 9.17) is 4.52 Å². The van der Waals surface area contributed by atoms with E-state index in [0.29, 0.717) is 0 Å². The fourth-order valence-corrected chi connectivity index (χ4v) is 4.80. The minimum atomic E-state index is -3.05. The summed E-state index contributed by atoms with van der Waals surface area (Å²) in [6, 6.07) is 2.10. The Bertz CT molecular complexity index is 586. The highest BCUT2D eigenvalue weighted by molar-refractivity contribution is 7.90. The van der Waals surface area contributed by atoms with Crippen molar-refractivity contribution in [2.24, 2.45) is 0 Å². The summed E-state index contributed by atoms with van der Waals surface area (Å²) in [6.45, 7) is 4.48. The zero-order chi connectivity index (χ0) is 15.0. The van der Waals surface area contributed by atoms with Crippen molar-refractivity contribution in [2.45, 2.75) is 50.4 Å². The van der Waals surface area contributed by atoms with Gasteiger partial charge in [-0.3, -0.25) is 4.90 Å². The molecule has 0 unspecified atom stereocenters. The summed E-state index contributed by atoms with van der Waals surface area (Å²) in [4.78, 5) is 2.31. The Morgan fingerprint density at radius 2 is 2.00 bits per heavy atom. The lowest BCUT2D eigenvalue weighted by atomic mass is 10.1. The topological polar surface area (TPSA) is 66.7 Å². The van der Waals surface area contributed by atoms with Gasteiger partial charge < -0.3 is 4.52 Å². The Hall–Kier alpha value is -0.920. The van der Waals surface area contributed by atoms with Gasteiger partial charge in [-0.15, -0.1) is 0 Å². The summed E-state index contributed by atoms with van der Waals surface area (Å²) in [6.07, 6.45) is 3.44.